The normalized spacial score (nSPS) is 12.2. The summed E-state index contributed by atoms with van der Waals surface area (Å²) in [6, 6.07) is 8.62. The molecular weight excluding hydrogens is 497 g/mol. The molecule has 2 rings (SSSR count). The molecule has 11 heteroatoms. The quantitative estimate of drug-likeness (QED) is 0.572. The van der Waals surface area contributed by atoms with E-state index in [1.54, 1.807) is 38.1 Å². The fourth-order valence-corrected chi connectivity index (χ4v) is 4.46. The Morgan fingerprint density at radius 1 is 1.06 bits per heavy atom. The van der Waals surface area contributed by atoms with E-state index in [4.69, 9.17) is 34.8 Å². The number of carbonyl (C=O) groups excluding carboxylic acids is 2. The number of likely N-dealkylation sites (N-methyl/N-ethyl adjacent to an activating group) is 1. The second-order valence-electron chi connectivity index (χ2n) is 7.25. The molecule has 0 fully saturated rings. The molecule has 0 aliphatic carbocycles. The third kappa shape index (κ3) is 6.51. The highest BCUT2D eigenvalue weighted by Crippen LogP contribution is 2.26. The number of rotatable bonds is 8. The van der Waals surface area contributed by atoms with Gasteiger partial charge in [0.2, 0.25) is 21.8 Å². The molecule has 0 heterocycles. The van der Waals surface area contributed by atoms with Crippen LogP contribution in [0.4, 0.5) is 5.69 Å². The van der Waals surface area contributed by atoms with Crippen molar-refractivity contribution in [2.45, 2.75) is 26.4 Å². The lowest BCUT2D eigenvalue weighted by Crippen LogP contribution is -2.50. The van der Waals surface area contributed by atoms with Crippen molar-refractivity contribution < 1.29 is 18.0 Å². The molecule has 1 unspecified atom stereocenters. The molecule has 0 aliphatic rings. The second-order valence-corrected chi connectivity index (χ2v) is 10.4. The van der Waals surface area contributed by atoms with Crippen LogP contribution in [0.25, 0.3) is 0 Å². The van der Waals surface area contributed by atoms with Crippen molar-refractivity contribution in [2.24, 2.45) is 0 Å². The van der Waals surface area contributed by atoms with E-state index in [0.717, 1.165) is 16.1 Å². The number of nitrogens with one attached hydrogen (secondary N) is 1. The number of aryl methyl sites for hydroxylation is 1. The lowest BCUT2D eigenvalue weighted by molar-refractivity contribution is -0.139. The monoisotopic (exact) mass is 519 g/mol. The summed E-state index contributed by atoms with van der Waals surface area (Å²) in [6.07, 6.45) is 0.997. The summed E-state index contributed by atoms with van der Waals surface area (Å²) >= 11 is 18.4. The van der Waals surface area contributed by atoms with Crippen molar-refractivity contribution in [2.75, 3.05) is 24.2 Å². The summed E-state index contributed by atoms with van der Waals surface area (Å²) < 4.78 is 25.9. The fraction of sp³-hybridized carbons (Fsp3) is 0.333. The maximum Gasteiger partial charge on any atom is 0.244 e. The van der Waals surface area contributed by atoms with Gasteiger partial charge in [-0.05, 0) is 49.2 Å². The van der Waals surface area contributed by atoms with E-state index in [2.05, 4.69) is 5.32 Å². The first kappa shape index (κ1) is 26.3. The Morgan fingerprint density at radius 2 is 1.72 bits per heavy atom. The third-order valence-corrected chi connectivity index (χ3v) is 7.03. The molecule has 0 spiro atoms. The average Bonchev–Trinajstić information content (AvgIpc) is 2.71. The van der Waals surface area contributed by atoms with Crippen molar-refractivity contribution in [3.63, 3.8) is 0 Å². The van der Waals surface area contributed by atoms with Crippen LogP contribution < -0.4 is 9.62 Å². The maximum absolute atomic E-state index is 13.3. The first-order valence-corrected chi connectivity index (χ1v) is 12.5. The molecule has 0 aliphatic heterocycles. The van der Waals surface area contributed by atoms with E-state index in [0.29, 0.717) is 20.6 Å². The van der Waals surface area contributed by atoms with Crippen LogP contribution in [-0.2, 0) is 26.2 Å². The van der Waals surface area contributed by atoms with Crippen LogP contribution in [0.1, 0.15) is 18.1 Å². The Morgan fingerprint density at radius 3 is 2.25 bits per heavy atom. The number of hydrogen-bond donors (Lipinski definition) is 1. The van der Waals surface area contributed by atoms with Gasteiger partial charge in [0.15, 0.2) is 0 Å². The van der Waals surface area contributed by atoms with E-state index in [1.165, 1.54) is 24.1 Å². The van der Waals surface area contributed by atoms with Gasteiger partial charge in [-0.25, -0.2) is 8.42 Å². The van der Waals surface area contributed by atoms with Crippen molar-refractivity contribution in [3.8, 4) is 0 Å². The number of nitrogens with zero attached hydrogens (tertiary/aromatic N) is 2. The summed E-state index contributed by atoms with van der Waals surface area (Å²) in [5, 5.41) is 3.62. The van der Waals surface area contributed by atoms with Crippen molar-refractivity contribution in [3.05, 3.63) is 62.6 Å². The largest absolute Gasteiger partial charge is 0.357 e. The number of hydrogen-bond acceptors (Lipinski definition) is 4. The van der Waals surface area contributed by atoms with Crippen LogP contribution in [0.5, 0.6) is 0 Å². The zero-order chi connectivity index (χ0) is 24.2. The van der Waals surface area contributed by atoms with E-state index in [-0.39, 0.29) is 12.2 Å². The van der Waals surface area contributed by atoms with E-state index < -0.39 is 34.4 Å². The topological polar surface area (TPSA) is 86.8 Å². The summed E-state index contributed by atoms with van der Waals surface area (Å²) in [5.41, 5.74) is 1.57. The van der Waals surface area contributed by atoms with Gasteiger partial charge >= 0.3 is 0 Å². The molecule has 0 aromatic heterocycles. The molecule has 0 saturated carbocycles. The third-order valence-electron chi connectivity index (χ3n) is 4.89. The Bertz CT molecular complexity index is 1130. The standard InChI is InChI=1S/C21H24Cl3N3O4S/c1-13-5-8-17(10-18(13)23)27(32(4,30)31)12-20(28)26(14(2)21(29)25-3)11-15-6-7-16(22)9-19(15)24/h5-10,14H,11-12H2,1-4H3,(H,25,29). The van der Waals surface area contributed by atoms with Gasteiger partial charge in [-0.3, -0.25) is 13.9 Å². The SMILES string of the molecule is CNC(=O)C(C)N(Cc1ccc(Cl)cc1Cl)C(=O)CN(c1ccc(C)c(Cl)c1)S(C)(=O)=O. The molecule has 2 amide bonds. The highest BCUT2D eigenvalue weighted by atomic mass is 35.5. The Balaban J connectivity index is 2.43. The lowest BCUT2D eigenvalue weighted by atomic mass is 10.1. The zero-order valence-electron chi connectivity index (χ0n) is 18.0. The van der Waals surface area contributed by atoms with Crippen LogP contribution >= 0.6 is 34.8 Å². The lowest BCUT2D eigenvalue weighted by Gasteiger charge is -2.31. The van der Waals surface area contributed by atoms with Gasteiger partial charge in [-0.2, -0.15) is 0 Å². The van der Waals surface area contributed by atoms with Crippen LogP contribution in [0, 0.1) is 6.92 Å². The van der Waals surface area contributed by atoms with Gasteiger partial charge in [0.05, 0.1) is 11.9 Å². The average molecular weight is 521 g/mol. The predicted molar refractivity (Wildman–Crippen MR) is 129 cm³/mol. The molecule has 7 nitrogen and oxygen atoms in total. The highest BCUT2D eigenvalue weighted by molar-refractivity contribution is 7.92. The summed E-state index contributed by atoms with van der Waals surface area (Å²) in [7, 11) is -2.38. The van der Waals surface area contributed by atoms with Crippen LogP contribution in [0.2, 0.25) is 15.1 Å². The second kappa shape index (κ2) is 10.7. The van der Waals surface area contributed by atoms with Crippen LogP contribution in [-0.4, -0.2) is 51.0 Å². The molecule has 2 aromatic carbocycles. The van der Waals surface area contributed by atoms with E-state index in [9.17, 15) is 18.0 Å². The molecule has 174 valence electrons. The highest BCUT2D eigenvalue weighted by Gasteiger charge is 2.30. The minimum absolute atomic E-state index is 0.0182. The van der Waals surface area contributed by atoms with Gasteiger partial charge in [0, 0.05) is 28.7 Å². The van der Waals surface area contributed by atoms with Gasteiger partial charge in [-0.1, -0.05) is 46.9 Å². The summed E-state index contributed by atoms with van der Waals surface area (Å²) in [4.78, 5) is 26.9. The number of carbonyl (C=O) groups is 2. The van der Waals surface area contributed by atoms with Gasteiger partial charge in [0.25, 0.3) is 0 Å². The van der Waals surface area contributed by atoms with Crippen LogP contribution in [0.3, 0.4) is 0 Å². The van der Waals surface area contributed by atoms with Crippen molar-refractivity contribution in [1.82, 2.24) is 10.2 Å². The molecule has 0 saturated heterocycles. The predicted octanol–water partition coefficient (Wildman–Crippen LogP) is 3.88. The Labute approximate surface area is 203 Å². The number of halogens is 3. The maximum atomic E-state index is 13.3. The fourth-order valence-electron chi connectivity index (χ4n) is 2.98. The Hall–Kier alpha value is -2.00. The van der Waals surface area contributed by atoms with Gasteiger partial charge in [-0.15, -0.1) is 0 Å². The number of sulfonamides is 1. The van der Waals surface area contributed by atoms with Gasteiger partial charge < -0.3 is 10.2 Å². The molecule has 32 heavy (non-hydrogen) atoms. The molecule has 1 N–H and O–H groups in total. The summed E-state index contributed by atoms with van der Waals surface area (Å²) in [6.45, 7) is 2.79. The minimum Gasteiger partial charge on any atom is -0.357 e. The first-order valence-electron chi connectivity index (χ1n) is 9.54. The van der Waals surface area contributed by atoms with E-state index in [1.807, 2.05) is 0 Å². The Kier molecular flexibility index (Phi) is 8.82. The van der Waals surface area contributed by atoms with Gasteiger partial charge in [0.1, 0.15) is 12.6 Å². The summed E-state index contributed by atoms with van der Waals surface area (Å²) in [5.74, 6) is -0.998. The van der Waals surface area contributed by atoms with E-state index >= 15 is 0 Å². The molecule has 0 radical (unpaired) electrons. The van der Waals surface area contributed by atoms with Crippen molar-refractivity contribution >= 4 is 62.3 Å². The minimum atomic E-state index is -3.83. The molecule has 2 aromatic rings. The van der Waals surface area contributed by atoms with Crippen molar-refractivity contribution in [1.29, 1.82) is 0 Å². The first-order chi connectivity index (χ1) is 14.8. The van der Waals surface area contributed by atoms with Crippen LogP contribution in [0.15, 0.2) is 36.4 Å². The number of benzene rings is 2. The number of amides is 2. The smallest absolute Gasteiger partial charge is 0.244 e. The molecule has 1 atom stereocenters. The molecular formula is C21H24Cl3N3O4S. The zero-order valence-corrected chi connectivity index (χ0v) is 21.1. The molecule has 0 bridgehead atoms. The number of anilines is 1.